The molecule has 0 bridgehead atoms. The molecule has 190 valence electrons. The quantitative estimate of drug-likeness (QED) is 0.267. The minimum Gasteiger partial charge on any atom is -0.189 e. The zero-order valence-corrected chi connectivity index (χ0v) is 21.6. The van der Waals surface area contributed by atoms with E-state index in [1.807, 2.05) is 72.8 Å². The third-order valence-corrected chi connectivity index (χ3v) is 6.98. The van der Waals surface area contributed by atoms with Gasteiger partial charge in [-0.05, 0) is 33.9 Å². The summed E-state index contributed by atoms with van der Waals surface area (Å²) in [5, 5.41) is 14.2. The zero-order chi connectivity index (χ0) is 26.6. The van der Waals surface area contributed by atoms with E-state index < -0.39 is 0 Å². The van der Waals surface area contributed by atoms with Crippen LogP contribution in [0.5, 0.6) is 0 Å². The molecule has 8 aromatic rings. The number of rotatable bonds is 4. The largest absolute Gasteiger partial charge is 0.261 e. The van der Waals surface area contributed by atoms with Crippen molar-refractivity contribution in [2.45, 2.75) is 0 Å². The van der Waals surface area contributed by atoms with Gasteiger partial charge in [-0.15, -0.1) is 15.3 Å². The molecule has 0 fully saturated rings. The Morgan fingerprint density at radius 2 is 0.775 bits per heavy atom. The van der Waals surface area contributed by atoms with Crippen molar-refractivity contribution >= 4 is 28.9 Å². The van der Waals surface area contributed by atoms with Gasteiger partial charge in [-0.2, -0.15) is 28.5 Å². The van der Waals surface area contributed by atoms with Gasteiger partial charge >= 0.3 is 0 Å². The third kappa shape index (κ3) is 3.49. The van der Waals surface area contributed by atoms with Gasteiger partial charge in [0.2, 0.25) is 5.28 Å². The van der Waals surface area contributed by atoms with Crippen LogP contribution in [0.2, 0.25) is 5.28 Å². The van der Waals surface area contributed by atoms with Gasteiger partial charge < -0.3 is 0 Å². The Morgan fingerprint density at radius 1 is 0.400 bits per heavy atom. The molecule has 0 unspecified atom stereocenters. The Balaban J connectivity index is 1.39. The van der Waals surface area contributed by atoms with E-state index in [2.05, 4.69) is 46.5 Å². The van der Waals surface area contributed by atoms with Gasteiger partial charge in [0.25, 0.3) is 17.3 Å². The Kier molecular flexibility index (Phi) is 4.98. The second kappa shape index (κ2) is 8.82. The minimum atomic E-state index is 0.0744. The maximum absolute atomic E-state index is 6.28. The molecule has 0 aliphatic rings. The molecule has 0 N–H and O–H groups in total. The zero-order valence-electron chi connectivity index (χ0n) is 20.8. The van der Waals surface area contributed by atoms with Crippen LogP contribution in [-0.2, 0) is 0 Å². The monoisotopic (exact) mass is 539 g/mol. The van der Waals surface area contributed by atoms with Gasteiger partial charge in [-0.25, -0.2) is 0 Å². The van der Waals surface area contributed by atoms with Crippen LogP contribution in [0.25, 0.3) is 62.4 Å². The van der Waals surface area contributed by atoms with Crippen LogP contribution in [0.4, 0.5) is 0 Å². The lowest BCUT2D eigenvalue weighted by atomic mass is 9.99. The SMILES string of the molecule is Clc1nc2n(n1)c1nc(-c3ccccc3-c3ccccc3)nn1c1nc(-c3ccccc3-c3ccccc3)nn21. The summed E-state index contributed by atoms with van der Waals surface area (Å²) < 4.78 is 4.78. The number of fused-ring (bicyclic) bond motifs is 6. The van der Waals surface area contributed by atoms with Gasteiger partial charge in [0.1, 0.15) is 0 Å². The van der Waals surface area contributed by atoms with E-state index in [0.29, 0.717) is 29.0 Å². The van der Waals surface area contributed by atoms with Crippen molar-refractivity contribution in [1.82, 2.24) is 43.8 Å². The molecule has 4 aromatic heterocycles. The summed E-state index contributed by atoms with van der Waals surface area (Å²) in [5.41, 5.74) is 5.92. The van der Waals surface area contributed by atoms with Crippen LogP contribution < -0.4 is 0 Å². The lowest BCUT2D eigenvalue weighted by Gasteiger charge is -2.06. The maximum Gasteiger partial charge on any atom is 0.261 e. The highest BCUT2D eigenvalue weighted by atomic mass is 35.5. The van der Waals surface area contributed by atoms with Crippen molar-refractivity contribution in [2.24, 2.45) is 0 Å². The molecule has 8 rings (SSSR count). The van der Waals surface area contributed by atoms with Gasteiger partial charge in [-0.3, -0.25) is 0 Å². The lowest BCUT2D eigenvalue weighted by Crippen LogP contribution is -2.06. The number of hydrogen-bond donors (Lipinski definition) is 0. The van der Waals surface area contributed by atoms with Crippen LogP contribution in [-0.4, -0.2) is 43.8 Å². The predicted octanol–water partition coefficient (Wildman–Crippen LogP) is 6.14. The van der Waals surface area contributed by atoms with E-state index in [4.69, 9.17) is 31.8 Å². The van der Waals surface area contributed by atoms with Gasteiger partial charge in [0, 0.05) is 11.1 Å². The molecule has 4 heterocycles. The first kappa shape index (κ1) is 22.6. The summed E-state index contributed by atoms with van der Waals surface area (Å²) in [7, 11) is 0. The average molecular weight is 540 g/mol. The molecule has 0 saturated carbocycles. The van der Waals surface area contributed by atoms with Crippen molar-refractivity contribution in [3.05, 3.63) is 114 Å². The predicted molar refractivity (Wildman–Crippen MR) is 153 cm³/mol. The highest BCUT2D eigenvalue weighted by molar-refractivity contribution is 6.28. The molecule has 4 aromatic carbocycles. The molecule has 10 heteroatoms. The first-order valence-corrected chi connectivity index (χ1v) is 13.0. The molecule has 0 spiro atoms. The van der Waals surface area contributed by atoms with Crippen LogP contribution in [0, 0.1) is 0 Å². The van der Waals surface area contributed by atoms with Gasteiger partial charge in [-0.1, -0.05) is 109 Å². The summed E-state index contributed by atoms with van der Waals surface area (Å²) in [6.45, 7) is 0. The standard InChI is InChI=1S/C30H18ClN9/c31-27-34-30-39-28(32-25(36-39)23-17-9-7-15-21(23)19-11-3-1-4-12-19)38-29(40(30)37-27)33-26(35-38)24-18-10-8-16-22(24)20-13-5-2-6-14-20/h1-18H. The molecule has 9 nitrogen and oxygen atoms in total. The topological polar surface area (TPSA) is 90.6 Å². The molecular weight excluding hydrogens is 522 g/mol. The van der Waals surface area contributed by atoms with Crippen LogP contribution in [0.1, 0.15) is 0 Å². The normalized spacial score (nSPS) is 11.6. The van der Waals surface area contributed by atoms with Crippen LogP contribution in [0.3, 0.4) is 0 Å². The highest BCUT2D eigenvalue weighted by Crippen LogP contribution is 2.32. The molecule has 0 atom stereocenters. The summed E-state index contributed by atoms with van der Waals surface area (Å²) in [4.78, 5) is 14.2. The lowest BCUT2D eigenvalue weighted by molar-refractivity contribution is 0.817. The number of hydrogen-bond acceptors (Lipinski definition) is 6. The minimum absolute atomic E-state index is 0.0744. The molecule has 40 heavy (non-hydrogen) atoms. The van der Waals surface area contributed by atoms with E-state index in [1.165, 1.54) is 0 Å². The van der Waals surface area contributed by atoms with E-state index in [0.717, 1.165) is 33.4 Å². The molecule has 0 aliphatic carbocycles. The fourth-order valence-corrected chi connectivity index (χ4v) is 5.18. The highest BCUT2D eigenvalue weighted by Gasteiger charge is 2.22. The smallest absolute Gasteiger partial charge is 0.189 e. The summed E-state index contributed by atoms with van der Waals surface area (Å²) in [5.74, 6) is 2.30. The van der Waals surface area contributed by atoms with Crippen molar-refractivity contribution in [2.75, 3.05) is 0 Å². The van der Waals surface area contributed by atoms with E-state index in [-0.39, 0.29) is 5.28 Å². The summed E-state index contributed by atoms with van der Waals surface area (Å²) >= 11 is 6.28. The molecule has 0 aliphatic heterocycles. The Morgan fingerprint density at radius 3 is 1.25 bits per heavy atom. The van der Waals surface area contributed by atoms with Crippen LogP contribution >= 0.6 is 11.6 Å². The van der Waals surface area contributed by atoms with Crippen molar-refractivity contribution in [3.63, 3.8) is 0 Å². The number of aromatic nitrogens is 9. The Bertz CT molecular complexity index is 2030. The second-order valence-corrected chi connectivity index (χ2v) is 9.55. The maximum atomic E-state index is 6.28. The van der Waals surface area contributed by atoms with E-state index in [1.54, 1.807) is 13.5 Å². The Labute approximate surface area is 232 Å². The number of benzene rings is 4. The number of nitrogens with zero attached hydrogens (tertiary/aromatic N) is 9. The molecule has 0 amide bonds. The average Bonchev–Trinajstić information content (AvgIpc) is 3.74. The fourth-order valence-electron chi connectivity index (χ4n) is 5.02. The second-order valence-electron chi connectivity index (χ2n) is 9.21. The summed E-state index contributed by atoms with van der Waals surface area (Å²) in [6, 6.07) is 36.4. The number of halogens is 1. The fraction of sp³-hybridized carbons (Fsp3) is 0. The van der Waals surface area contributed by atoms with E-state index in [9.17, 15) is 0 Å². The van der Waals surface area contributed by atoms with E-state index >= 15 is 0 Å². The first-order chi connectivity index (χ1) is 19.7. The molecule has 0 saturated heterocycles. The first-order valence-electron chi connectivity index (χ1n) is 12.6. The third-order valence-electron chi connectivity index (χ3n) is 6.82. The van der Waals surface area contributed by atoms with Crippen molar-refractivity contribution in [3.8, 4) is 45.0 Å². The summed E-state index contributed by atoms with van der Waals surface area (Å²) in [6.07, 6.45) is 0. The van der Waals surface area contributed by atoms with Gasteiger partial charge in [0.15, 0.2) is 11.6 Å². The van der Waals surface area contributed by atoms with Crippen LogP contribution in [0.15, 0.2) is 109 Å². The molecule has 0 radical (unpaired) electrons. The van der Waals surface area contributed by atoms with Gasteiger partial charge in [0.05, 0.1) is 0 Å². The van der Waals surface area contributed by atoms with Crippen molar-refractivity contribution in [1.29, 1.82) is 0 Å². The Hall–Kier alpha value is -5.41. The van der Waals surface area contributed by atoms with Crippen molar-refractivity contribution < 1.29 is 0 Å². The molecular formula is C30H18ClN9.